The highest BCUT2D eigenvalue weighted by atomic mass is 32.2. The van der Waals surface area contributed by atoms with E-state index in [9.17, 15) is 13.6 Å². The van der Waals surface area contributed by atoms with Gasteiger partial charge in [0.2, 0.25) is 5.78 Å². The third kappa shape index (κ3) is 5.33. The van der Waals surface area contributed by atoms with Crippen molar-refractivity contribution in [2.45, 2.75) is 30.3 Å². The molecule has 0 amide bonds. The Balaban J connectivity index is 1.26. The van der Waals surface area contributed by atoms with Gasteiger partial charge in [0.15, 0.2) is 5.01 Å². The maximum atomic E-state index is 14.1. The van der Waals surface area contributed by atoms with Crippen LogP contribution in [0.15, 0.2) is 82.0 Å². The fourth-order valence-corrected chi connectivity index (χ4v) is 7.24. The number of alkyl halides is 1. The van der Waals surface area contributed by atoms with Gasteiger partial charge in [0.25, 0.3) is 0 Å². The number of nitrogens with zero attached hydrogens (tertiary/aromatic N) is 4. The average Bonchev–Trinajstić information content (AvgIpc) is 3.66. The maximum absolute atomic E-state index is 14.1. The van der Waals surface area contributed by atoms with Gasteiger partial charge in [0.1, 0.15) is 17.8 Å². The highest BCUT2D eigenvalue weighted by Crippen LogP contribution is 2.49. The van der Waals surface area contributed by atoms with Gasteiger partial charge in [0, 0.05) is 59.9 Å². The van der Waals surface area contributed by atoms with Gasteiger partial charge in [-0.25, -0.2) is 23.1 Å². The quantitative estimate of drug-likeness (QED) is 0.188. The smallest absolute Gasteiger partial charge is 0.203 e. The first kappa shape index (κ1) is 26.8. The number of pyridine rings is 1. The number of hydrogen-bond donors (Lipinski definition) is 2. The van der Waals surface area contributed by atoms with Crippen LogP contribution >= 0.6 is 23.3 Å². The molecule has 4 heterocycles. The monoisotopic (exact) mass is 578 g/mol. The molecule has 1 aromatic carbocycles. The Morgan fingerprint density at radius 1 is 1.20 bits per heavy atom. The topological polar surface area (TPSA) is 85.2 Å². The molecule has 0 bridgehead atoms. The standard InChI is InChI=1S/C29H28F2N6OS2/c30-21-1-3-23(4-2-21)35-25-13-20-7-11-37(40-24-5-6-26(34-16-24)36-10-8-22(31)17-36)18-29(20,14-19(25)15-32)27(38)28-33-9-12-39-28/h1-6,9,12-13,15-16,22,32,35H,7-8,10-11,14,17-18H2. The van der Waals surface area contributed by atoms with Gasteiger partial charge in [0.05, 0.1) is 12.0 Å². The molecule has 6 rings (SSSR count). The highest BCUT2D eigenvalue weighted by Gasteiger charge is 2.49. The normalized spacial score (nSPS) is 23.1. The molecule has 2 aromatic heterocycles. The highest BCUT2D eigenvalue weighted by molar-refractivity contribution is 7.97. The zero-order chi connectivity index (χ0) is 27.7. The number of ketones is 1. The van der Waals surface area contributed by atoms with Crippen molar-refractivity contribution in [1.82, 2.24) is 14.3 Å². The number of nitrogens with one attached hydrogen (secondary N) is 2. The number of anilines is 2. The minimum atomic E-state index is -0.858. The first-order chi connectivity index (χ1) is 19.4. The van der Waals surface area contributed by atoms with Crippen LogP contribution in [0.25, 0.3) is 0 Å². The van der Waals surface area contributed by atoms with E-state index < -0.39 is 11.6 Å². The zero-order valence-electron chi connectivity index (χ0n) is 21.6. The molecular formula is C29H28F2N6OS2. The van der Waals surface area contributed by atoms with Crippen LogP contribution < -0.4 is 10.2 Å². The van der Waals surface area contributed by atoms with Gasteiger partial charge in [-0.3, -0.25) is 4.79 Å². The predicted molar refractivity (Wildman–Crippen MR) is 155 cm³/mol. The summed E-state index contributed by atoms with van der Waals surface area (Å²) in [4.78, 5) is 25.9. The lowest BCUT2D eigenvalue weighted by atomic mass is 9.66. The van der Waals surface area contributed by atoms with Crippen LogP contribution in [-0.4, -0.2) is 58.6 Å². The van der Waals surface area contributed by atoms with Crippen molar-refractivity contribution in [3.05, 3.63) is 87.9 Å². The Morgan fingerprint density at radius 2 is 2.05 bits per heavy atom. The van der Waals surface area contributed by atoms with Gasteiger partial charge in [-0.2, -0.15) is 0 Å². The molecule has 3 aromatic rings. The van der Waals surface area contributed by atoms with Crippen LogP contribution in [0.5, 0.6) is 0 Å². The van der Waals surface area contributed by atoms with Crippen LogP contribution in [-0.2, 0) is 0 Å². The molecule has 3 aliphatic rings. The van der Waals surface area contributed by atoms with Crippen molar-refractivity contribution in [3.8, 4) is 0 Å². The minimum absolute atomic E-state index is 0.0393. The number of halogens is 2. The molecule has 2 atom stereocenters. The van der Waals surface area contributed by atoms with E-state index in [0.717, 1.165) is 28.5 Å². The largest absolute Gasteiger partial charge is 0.355 e. The van der Waals surface area contributed by atoms with Crippen molar-refractivity contribution in [2.24, 2.45) is 5.41 Å². The molecule has 7 nitrogen and oxygen atoms in total. The Bertz CT molecular complexity index is 1460. The number of fused-ring (bicyclic) bond motifs is 1. The zero-order valence-corrected chi connectivity index (χ0v) is 23.3. The van der Waals surface area contributed by atoms with E-state index in [1.165, 1.54) is 29.7 Å². The van der Waals surface area contributed by atoms with Gasteiger partial charge < -0.3 is 15.6 Å². The second-order valence-electron chi connectivity index (χ2n) is 10.2. The number of Topliss-reactive ketones (excluding diaryl/α,β-unsaturated/α-hetero) is 1. The fraction of sp³-hybridized carbons (Fsp3) is 0.310. The number of benzene rings is 1. The van der Waals surface area contributed by atoms with Crippen LogP contribution in [0.2, 0.25) is 0 Å². The first-order valence-electron chi connectivity index (χ1n) is 13.1. The average molecular weight is 579 g/mol. The summed E-state index contributed by atoms with van der Waals surface area (Å²) in [6.45, 7) is 2.23. The summed E-state index contributed by atoms with van der Waals surface area (Å²) >= 11 is 2.89. The van der Waals surface area contributed by atoms with E-state index in [2.05, 4.69) is 19.6 Å². The Morgan fingerprint density at radius 3 is 2.73 bits per heavy atom. The van der Waals surface area contributed by atoms with Gasteiger partial charge in [-0.05, 0) is 79.3 Å². The van der Waals surface area contributed by atoms with E-state index in [1.807, 2.05) is 23.1 Å². The molecule has 2 aliphatic heterocycles. The SMILES string of the molecule is N=CC1=C(Nc2ccc(F)cc2)C=C2CCN(Sc3ccc(N4CCC(F)C4)nc3)CC2(C(=O)c2nccs2)C1. The molecule has 2 N–H and O–H groups in total. The van der Waals surface area contributed by atoms with E-state index in [0.29, 0.717) is 55.2 Å². The minimum Gasteiger partial charge on any atom is -0.355 e. The van der Waals surface area contributed by atoms with Gasteiger partial charge in [-0.15, -0.1) is 11.3 Å². The summed E-state index contributed by atoms with van der Waals surface area (Å²) in [6, 6.07) is 10.0. The lowest BCUT2D eigenvalue weighted by Gasteiger charge is -2.45. The lowest BCUT2D eigenvalue weighted by Crippen LogP contribution is -2.48. The lowest BCUT2D eigenvalue weighted by molar-refractivity contribution is 0.0780. The van der Waals surface area contributed by atoms with Crippen LogP contribution in [0.4, 0.5) is 20.3 Å². The third-order valence-corrected chi connectivity index (χ3v) is 9.41. The number of allylic oxidation sites excluding steroid dienone is 2. The molecule has 206 valence electrons. The third-order valence-electron chi connectivity index (χ3n) is 7.62. The second-order valence-corrected chi connectivity index (χ2v) is 12.3. The molecule has 1 aliphatic carbocycles. The Hall–Kier alpha value is -3.41. The molecule has 0 saturated carbocycles. The predicted octanol–water partition coefficient (Wildman–Crippen LogP) is 6.15. The van der Waals surface area contributed by atoms with Crippen molar-refractivity contribution in [1.29, 1.82) is 5.41 Å². The van der Waals surface area contributed by atoms with Crippen LogP contribution in [0.3, 0.4) is 0 Å². The summed E-state index contributed by atoms with van der Waals surface area (Å²) in [7, 11) is 0. The summed E-state index contributed by atoms with van der Waals surface area (Å²) < 4.78 is 29.3. The molecule has 2 saturated heterocycles. The molecule has 0 spiro atoms. The number of rotatable bonds is 8. The van der Waals surface area contributed by atoms with E-state index in [4.69, 9.17) is 5.41 Å². The summed E-state index contributed by atoms with van der Waals surface area (Å²) in [5, 5.41) is 13.8. The summed E-state index contributed by atoms with van der Waals surface area (Å²) in [6.07, 6.45) is 7.49. The number of hydrogen-bond acceptors (Lipinski definition) is 9. The number of piperidine rings is 1. The van der Waals surface area contributed by atoms with Crippen LogP contribution in [0.1, 0.15) is 29.1 Å². The van der Waals surface area contributed by atoms with Gasteiger partial charge in [-0.1, -0.05) is 5.57 Å². The molecule has 2 fully saturated rings. The second kappa shape index (κ2) is 11.2. The molecule has 2 unspecified atom stereocenters. The Labute approximate surface area is 239 Å². The van der Waals surface area contributed by atoms with E-state index in [1.54, 1.807) is 41.9 Å². The van der Waals surface area contributed by atoms with E-state index >= 15 is 0 Å². The van der Waals surface area contributed by atoms with Crippen molar-refractivity contribution < 1.29 is 13.6 Å². The molecular weight excluding hydrogens is 550 g/mol. The molecule has 0 radical (unpaired) electrons. The van der Waals surface area contributed by atoms with Gasteiger partial charge >= 0.3 is 0 Å². The number of carbonyl (C=O) groups is 1. The van der Waals surface area contributed by atoms with Crippen molar-refractivity contribution in [2.75, 3.05) is 36.4 Å². The van der Waals surface area contributed by atoms with Crippen molar-refractivity contribution >= 4 is 46.8 Å². The summed E-state index contributed by atoms with van der Waals surface area (Å²) in [5.41, 5.74) is 2.31. The maximum Gasteiger partial charge on any atom is 0.203 e. The summed E-state index contributed by atoms with van der Waals surface area (Å²) in [5.74, 6) is 0.418. The molecule has 11 heteroatoms. The number of thiazole rings is 1. The Kier molecular flexibility index (Phi) is 7.52. The van der Waals surface area contributed by atoms with E-state index in [-0.39, 0.29) is 11.6 Å². The first-order valence-corrected chi connectivity index (χ1v) is 14.8. The van der Waals surface area contributed by atoms with Crippen molar-refractivity contribution in [3.63, 3.8) is 0 Å². The van der Waals surface area contributed by atoms with Crippen LogP contribution in [0, 0.1) is 16.6 Å². The number of carbonyl (C=O) groups excluding carboxylic acids is 1. The molecule has 40 heavy (non-hydrogen) atoms. The fourth-order valence-electron chi connectivity index (χ4n) is 5.57. The number of aromatic nitrogens is 2.